The molecule has 0 aromatic carbocycles. The number of aryl methyl sites for hydroxylation is 1. The Morgan fingerprint density at radius 1 is 1.56 bits per heavy atom. The maximum atomic E-state index is 10.9. The molecule has 0 saturated heterocycles. The fraction of sp³-hybridized carbons (Fsp3) is 0.615. The van der Waals surface area contributed by atoms with Gasteiger partial charge in [-0.1, -0.05) is 6.42 Å². The molecule has 0 spiro atoms. The van der Waals surface area contributed by atoms with Crippen LogP contribution in [0.1, 0.15) is 39.4 Å². The second-order valence-electron chi connectivity index (χ2n) is 4.86. The molecular formula is C13H19NO3S. The SMILES string of the molecule is Cc1sc(C(=O)O)cc1CNC1CCCC1CO. The molecule has 100 valence electrons. The summed E-state index contributed by atoms with van der Waals surface area (Å²) in [6.45, 7) is 2.88. The van der Waals surface area contributed by atoms with Gasteiger partial charge in [0.2, 0.25) is 0 Å². The minimum atomic E-state index is -0.858. The Balaban J connectivity index is 1.95. The lowest BCUT2D eigenvalue weighted by Crippen LogP contribution is -2.33. The second-order valence-corrected chi connectivity index (χ2v) is 6.11. The predicted molar refractivity (Wildman–Crippen MR) is 71.1 cm³/mol. The maximum absolute atomic E-state index is 10.9. The van der Waals surface area contributed by atoms with E-state index in [1.165, 1.54) is 11.3 Å². The lowest BCUT2D eigenvalue weighted by molar-refractivity contribution is 0.0702. The lowest BCUT2D eigenvalue weighted by atomic mass is 10.0. The van der Waals surface area contributed by atoms with Crippen LogP contribution < -0.4 is 5.32 Å². The number of carboxylic acids is 1. The van der Waals surface area contributed by atoms with Crippen molar-refractivity contribution in [2.75, 3.05) is 6.61 Å². The van der Waals surface area contributed by atoms with Crippen molar-refractivity contribution in [1.82, 2.24) is 5.32 Å². The van der Waals surface area contributed by atoms with Gasteiger partial charge < -0.3 is 15.5 Å². The van der Waals surface area contributed by atoms with Crippen LogP contribution in [-0.2, 0) is 6.54 Å². The number of aliphatic hydroxyl groups is 1. The molecule has 1 aliphatic carbocycles. The molecule has 0 aliphatic heterocycles. The Kier molecular flexibility index (Phi) is 4.37. The van der Waals surface area contributed by atoms with E-state index < -0.39 is 5.97 Å². The number of carboxylic acid groups (broad SMARTS) is 1. The first kappa shape index (κ1) is 13.5. The van der Waals surface area contributed by atoms with Gasteiger partial charge in [0.15, 0.2) is 0 Å². The molecule has 2 unspecified atom stereocenters. The fourth-order valence-corrected chi connectivity index (χ4v) is 3.45. The molecule has 1 aliphatic rings. The molecule has 1 aromatic rings. The molecule has 3 N–H and O–H groups in total. The van der Waals surface area contributed by atoms with Crippen LogP contribution in [0.25, 0.3) is 0 Å². The standard InChI is InChI=1S/C13H19NO3S/c1-8-10(5-12(18-8)13(16)17)6-14-11-4-2-3-9(11)7-15/h5,9,11,14-15H,2-4,6-7H2,1H3,(H,16,17). The van der Waals surface area contributed by atoms with Crippen molar-refractivity contribution in [2.45, 2.75) is 38.8 Å². The topological polar surface area (TPSA) is 69.6 Å². The molecule has 0 amide bonds. The number of aliphatic hydroxyl groups excluding tert-OH is 1. The normalized spacial score (nSPS) is 23.4. The molecule has 0 radical (unpaired) electrons. The summed E-state index contributed by atoms with van der Waals surface area (Å²) in [5, 5.41) is 21.6. The van der Waals surface area contributed by atoms with Crippen molar-refractivity contribution < 1.29 is 15.0 Å². The van der Waals surface area contributed by atoms with Gasteiger partial charge >= 0.3 is 5.97 Å². The van der Waals surface area contributed by atoms with Crippen LogP contribution in [0.15, 0.2) is 6.07 Å². The number of hydrogen-bond donors (Lipinski definition) is 3. The van der Waals surface area contributed by atoms with Gasteiger partial charge in [-0.15, -0.1) is 11.3 Å². The highest BCUT2D eigenvalue weighted by atomic mass is 32.1. The van der Waals surface area contributed by atoms with E-state index in [0.717, 1.165) is 29.7 Å². The van der Waals surface area contributed by atoms with Gasteiger partial charge in [0.1, 0.15) is 4.88 Å². The third kappa shape index (κ3) is 2.91. The molecule has 2 atom stereocenters. The summed E-state index contributed by atoms with van der Waals surface area (Å²) in [5.74, 6) is -0.508. The first-order valence-electron chi connectivity index (χ1n) is 6.28. The smallest absolute Gasteiger partial charge is 0.345 e. The van der Waals surface area contributed by atoms with E-state index >= 15 is 0 Å². The highest BCUT2D eigenvalue weighted by molar-refractivity contribution is 7.14. The minimum Gasteiger partial charge on any atom is -0.477 e. The molecule has 1 fully saturated rings. The number of hydrogen-bond acceptors (Lipinski definition) is 4. The van der Waals surface area contributed by atoms with Crippen molar-refractivity contribution in [3.63, 3.8) is 0 Å². The summed E-state index contributed by atoms with van der Waals surface area (Å²) in [7, 11) is 0. The van der Waals surface area contributed by atoms with Gasteiger partial charge in [-0.05, 0) is 37.3 Å². The van der Waals surface area contributed by atoms with E-state index in [1.54, 1.807) is 6.07 Å². The zero-order chi connectivity index (χ0) is 13.1. The van der Waals surface area contributed by atoms with Crippen molar-refractivity contribution in [3.8, 4) is 0 Å². The molecule has 0 bridgehead atoms. The number of thiophene rings is 1. The fourth-order valence-electron chi connectivity index (χ4n) is 2.57. The van der Waals surface area contributed by atoms with Crippen LogP contribution in [-0.4, -0.2) is 28.8 Å². The number of rotatable bonds is 5. The van der Waals surface area contributed by atoms with E-state index in [-0.39, 0.29) is 6.61 Å². The van der Waals surface area contributed by atoms with Crippen molar-refractivity contribution in [1.29, 1.82) is 0 Å². The summed E-state index contributed by atoms with van der Waals surface area (Å²) in [6, 6.07) is 2.11. The van der Waals surface area contributed by atoms with Crippen LogP contribution in [0.3, 0.4) is 0 Å². The summed E-state index contributed by atoms with van der Waals surface area (Å²) in [4.78, 5) is 12.3. The number of carbonyl (C=O) groups is 1. The van der Waals surface area contributed by atoms with Gasteiger partial charge in [-0.3, -0.25) is 0 Å². The summed E-state index contributed by atoms with van der Waals surface area (Å²) in [6.07, 6.45) is 3.34. The van der Waals surface area contributed by atoms with E-state index in [4.69, 9.17) is 5.11 Å². The second kappa shape index (κ2) is 5.82. The van der Waals surface area contributed by atoms with Gasteiger partial charge in [0.25, 0.3) is 0 Å². The highest BCUT2D eigenvalue weighted by Crippen LogP contribution is 2.26. The Hall–Kier alpha value is -0.910. The van der Waals surface area contributed by atoms with Crippen LogP contribution in [0.2, 0.25) is 0 Å². The Morgan fingerprint density at radius 3 is 2.94 bits per heavy atom. The number of aromatic carboxylic acids is 1. The quantitative estimate of drug-likeness (QED) is 0.764. The van der Waals surface area contributed by atoms with Gasteiger partial charge in [0, 0.05) is 24.1 Å². The van der Waals surface area contributed by atoms with Crippen LogP contribution in [0.4, 0.5) is 0 Å². The average Bonchev–Trinajstić information content (AvgIpc) is 2.92. The summed E-state index contributed by atoms with van der Waals surface area (Å²) < 4.78 is 0. The molecule has 5 heteroatoms. The van der Waals surface area contributed by atoms with Gasteiger partial charge in [-0.2, -0.15) is 0 Å². The van der Waals surface area contributed by atoms with Crippen molar-refractivity contribution in [3.05, 3.63) is 21.4 Å². The van der Waals surface area contributed by atoms with Crippen LogP contribution in [0, 0.1) is 12.8 Å². The predicted octanol–water partition coefficient (Wildman–Crippen LogP) is 2.01. The van der Waals surface area contributed by atoms with E-state index in [9.17, 15) is 9.90 Å². The molecule has 1 aromatic heterocycles. The largest absolute Gasteiger partial charge is 0.477 e. The molecule has 2 rings (SSSR count). The summed E-state index contributed by atoms with van der Waals surface area (Å²) in [5.41, 5.74) is 1.06. The lowest BCUT2D eigenvalue weighted by Gasteiger charge is -2.18. The van der Waals surface area contributed by atoms with E-state index in [0.29, 0.717) is 23.4 Å². The van der Waals surface area contributed by atoms with Crippen LogP contribution >= 0.6 is 11.3 Å². The zero-order valence-electron chi connectivity index (χ0n) is 10.5. The van der Waals surface area contributed by atoms with E-state index in [2.05, 4.69) is 5.32 Å². The molecule has 1 heterocycles. The van der Waals surface area contributed by atoms with Crippen molar-refractivity contribution in [2.24, 2.45) is 5.92 Å². The van der Waals surface area contributed by atoms with E-state index in [1.807, 2.05) is 6.92 Å². The Morgan fingerprint density at radius 2 is 2.33 bits per heavy atom. The van der Waals surface area contributed by atoms with Crippen LogP contribution in [0.5, 0.6) is 0 Å². The first-order valence-corrected chi connectivity index (χ1v) is 7.10. The third-order valence-electron chi connectivity index (χ3n) is 3.68. The van der Waals surface area contributed by atoms with Gasteiger partial charge in [0.05, 0.1) is 0 Å². The average molecular weight is 269 g/mol. The molecule has 4 nitrogen and oxygen atoms in total. The highest BCUT2D eigenvalue weighted by Gasteiger charge is 2.26. The molecule has 1 saturated carbocycles. The van der Waals surface area contributed by atoms with Gasteiger partial charge in [-0.25, -0.2) is 4.79 Å². The zero-order valence-corrected chi connectivity index (χ0v) is 11.3. The minimum absolute atomic E-state index is 0.237. The molecular weight excluding hydrogens is 250 g/mol. The Bertz CT molecular complexity index is 430. The molecule has 18 heavy (non-hydrogen) atoms. The monoisotopic (exact) mass is 269 g/mol. The first-order chi connectivity index (χ1) is 8.61. The third-order valence-corrected chi connectivity index (χ3v) is 4.76. The summed E-state index contributed by atoms with van der Waals surface area (Å²) >= 11 is 1.32. The Labute approximate surface area is 111 Å². The number of nitrogens with one attached hydrogen (secondary N) is 1. The maximum Gasteiger partial charge on any atom is 0.345 e. The van der Waals surface area contributed by atoms with Crippen molar-refractivity contribution >= 4 is 17.3 Å².